The van der Waals surface area contributed by atoms with E-state index in [4.69, 9.17) is 9.47 Å². The van der Waals surface area contributed by atoms with Gasteiger partial charge < -0.3 is 25.2 Å². The predicted octanol–water partition coefficient (Wildman–Crippen LogP) is -1.12. The topological polar surface area (TPSA) is 79.8 Å². The van der Waals surface area contributed by atoms with E-state index in [0.717, 1.165) is 0 Å². The molecule has 1 rings (SSSR count). The predicted molar refractivity (Wildman–Crippen MR) is 62.7 cm³/mol. The summed E-state index contributed by atoms with van der Waals surface area (Å²) in [5.41, 5.74) is 0. The number of amides is 1. The average Bonchev–Trinajstić information content (AvgIpc) is 2.58. The maximum absolute atomic E-state index is 11.2. The van der Waals surface area contributed by atoms with Crippen molar-refractivity contribution in [1.82, 2.24) is 10.6 Å². The van der Waals surface area contributed by atoms with Crippen LogP contribution in [0.25, 0.3) is 0 Å². The van der Waals surface area contributed by atoms with Crippen molar-refractivity contribution < 1.29 is 19.4 Å². The molecule has 1 aliphatic rings. The maximum atomic E-state index is 11.2. The summed E-state index contributed by atoms with van der Waals surface area (Å²) in [6.07, 6.45) is -0.952. The third-order valence-electron chi connectivity index (χ3n) is 2.61. The van der Waals surface area contributed by atoms with Crippen molar-refractivity contribution in [2.45, 2.75) is 38.1 Å². The van der Waals surface area contributed by atoms with Crippen LogP contribution in [0, 0.1) is 0 Å². The molecule has 0 saturated carbocycles. The highest BCUT2D eigenvalue weighted by Gasteiger charge is 2.35. The molecule has 1 fully saturated rings. The van der Waals surface area contributed by atoms with E-state index >= 15 is 0 Å². The second-order valence-electron chi connectivity index (χ2n) is 4.53. The van der Waals surface area contributed by atoms with Crippen LogP contribution in [0.3, 0.4) is 0 Å². The van der Waals surface area contributed by atoms with Gasteiger partial charge in [-0.25, -0.2) is 0 Å². The van der Waals surface area contributed by atoms with E-state index in [2.05, 4.69) is 10.6 Å². The average molecular weight is 246 g/mol. The molecule has 3 N–H and O–H groups in total. The van der Waals surface area contributed by atoms with Crippen molar-refractivity contribution in [2.75, 3.05) is 26.9 Å². The lowest BCUT2D eigenvalue weighted by Crippen LogP contribution is -2.47. The third kappa shape index (κ3) is 4.59. The molecule has 0 aromatic heterocycles. The van der Waals surface area contributed by atoms with Gasteiger partial charge in [-0.05, 0) is 0 Å². The van der Waals surface area contributed by atoms with Crippen molar-refractivity contribution in [3.8, 4) is 0 Å². The summed E-state index contributed by atoms with van der Waals surface area (Å²) in [7, 11) is 1.46. The summed E-state index contributed by atoms with van der Waals surface area (Å²) < 4.78 is 10.1. The zero-order valence-corrected chi connectivity index (χ0v) is 10.6. The fourth-order valence-electron chi connectivity index (χ4n) is 1.83. The number of methoxy groups -OCH3 is 1. The van der Waals surface area contributed by atoms with Gasteiger partial charge in [0.15, 0.2) is 0 Å². The number of carbonyl (C=O) groups is 1. The molecule has 0 spiro atoms. The SMILES string of the molecule is COCC(=O)NCC1OCC(NC(C)C)C1O. The van der Waals surface area contributed by atoms with Crippen LogP contribution in [-0.4, -0.2) is 62.2 Å². The van der Waals surface area contributed by atoms with Crippen LogP contribution in [-0.2, 0) is 14.3 Å². The van der Waals surface area contributed by atoms with Gasteiger partial charge in [-0.2, -0.15) is 0 Å². The molecule has 6 nitrogen and oxygen atoms in total. The second kappa shape index (κ2) is 6.90. The van der Waals surface area contributed by atoms with Gasteiger partial charge in [0.1, 0.15) is 12.7 Å². The van der Waals surface area contributed by atoms with Crippen LogP contribution < -0.4 is 10.6 Å². The molecule has 100 valence electrons. The number of aliphatic hydroxyl groups is 1. The van der Waals surface area contributed by atoms with E-state index < -0.39 is 6.10 Å². The fraction of sp³-hybridized carbons (Fsp3) is 0.909. The second-order valence-corrected chi connectivity index (χ2v) is 4.53. The minimum absolute atomic E-state index is 0.0243. The summed E-state index contributed by atoms with van der Waals surface area (Å²) in [6.45, 7) is 4.82. The van der Waals surface area contributed by atoms with Crippen LogP contribution in [0.1, 0.15) is 13.8 Å². The minimum atomic E-state index is -0.597. The molecule has 3 atom stereocenters. The Balaban J connectivity index is 2.29. The largest absolute Gasteiger partial charge is 0.389 e. The van der Waals surface area contributed by atoms with Crippen molar-refractivity contribution in [1.29, 1.82) is 0 Å². The van der Waals surface area contributed by atoms with E-state index in [1.165, 1.54) is 7.11 Å². The van der Waals surface area contributed by atoms with E-state index in [1.54, 1.807) is 0 Å². The van der Waals surface area contributed by atoms with Crippen molar-refractivity contribution in [2.24, 2.45) is 0 Å². The molecule has 1 amide bonds. The van der Waals surface area contributed by atoms with Crippen LogP contribution in [0.15, 0.2) is 0 Å². The van der Waals surface area contributed by atoms with Crippen LogP contribution >= 0.6 is 0 Å². The van der Waals surface area contributed by atoms with E-state index in [9.17, 15) is 9.90 Å². The fourth-order valence-corrected chi connectivity index (χ4v) is 1.83. The Labute approximate surface area is 102 Å². The Bertz CT molecular complexity index is 248. The minimum Gasteiger partial charge on any atom is -0.389 e. The normalized spacial score (nSPS) is 28.6. The first-order valence-electron chi connectivity index (χ1n) is 5.86. The zero-order valence-electron chi connectivity index (χ0n) is 10.6. The van der Waals surface area contributed by atoms with Gasteiger partial charge in [0.25, 0.3) is 0 Å². The molecule has 0 aromatic carbocycles. The zero-order chi connectivity index (χ0) is 12.8. The van der Waals surface area contributed by atoms with Gasteiger partial charge in [0, 0.05) is 19.7 Å². The first-order chi connectivity index (χ1) is 8.04. The lowest BCUT2D eigenvalue weighted by atomic mass is 10.1. The summed E-state index contributed by atoms with van der Waals surface area (Å²) in [5, 5.41) is 15.8. The van der Waals surface area contributed by atoms with Gasteiger partial charge in [0.05, 0.1) is 18.8 Å². The number of carbonyl (C=O) groups excluding carboxylic acids is 1. The lowest BCUT2D eigenvalue weighted by molar-refractivity contribution is -0.125. The van der Waals surface area contributed by atoms with Crippen molar-refractivity contribution in [3.05, 3.63) is 0 Å². The van der Waals surface area contributed by atoms with Gasteiger partial charge >= 0.3 is 0 Å². The standard InChI is InChI=1S/C11H22N2O4/c1-7(2)13-8-5-17-9(11(8)15)4-12-10(14)6-16-3/h7-9,11,13,15H,4-6H2,1-3H3,(H,12,14). The van der Waals surface area contributed by atoms with Gasteiger partial charge in [-0.15, -0.1) is 0 Å². The molecule has 0 aromatic rings. The maximum Gasteiger partial charge on any atom is 0.246 e. The van der Waals surface area contributed by atoms with Gasteiger partial charge in [-0.3, -0.25) is 4.79 Å². The molecule has 3 unspecified atom stereocenters. The Morgan fingerprint density at radius 3 is 2.88 bits per heavy atom. The first kappa shape index (κ1) is 14.4. The molecule has 0 aliphatic carbocycles. The first-order valence-corrected chi connectivity index (χ1v) is 5.86. The number of hydrogen-bond acceptors (Lipinski definition) is 5. The van der Waals surface area contributed by atoms with Gasteiger partial charge in [0.2, 0.25) is 5.91 Å². The summed E-state index contributed by atoms with van der Waals surface area (Å²) in [4.78, 5) is 11.2. The van der Waals surface area contributed by atoms with Crippen LogP contribution in [0.4, 0.5) is 0 Å². The Kier molecular flexibility index (Phi) is 5.84. The van der Waals surface area contributed by atoms with Gasteiger partial charge in [-0.1, -0.05) is 13.8 Å². The highest BCUT2D eigenvalue weighted by molar-refractivity contribution is 5.77. The molecule has 0 bridgehead atoms. The van der Waals surface area contributed by atoms with E-state index in [-0.39, 0.29) is 24.7 Å². The van der Waals surface area contributed by atoms with Crippen LogP contribution in [0.5, 0.6) is 0 Å². The Morgan fingerprint density at radius 2 is 2.29 bits per heavy atom. The Hall–Kier alpha value is -0.690. The number of nitrogens with one attached hydrogen (secondary N) is 2. The number of hydrogen-bond donors (Lipinski definition) is 3. The van der Waals surface area contributed by atoms with Crippen molar-refractivity contribution >= 4 is 5.91 Å². The van der Waals surface area contributed by atoms with Crippen LogP contribution in [0.2, 0.25) is 0 Å². The summed E-state index contributed by atoms with van der Waals surface area (Å²) in [5.74, 6) is -0.205. The molecule has 1 heterocycles. The molecule has 0 radical (unpaired) electrons. The highest BCUT2D eigenvalue weighted by atomic mass is 16.5. The Morgan fingerprint density at radius 1 is 1.59 bits per heavy atom. The summed E-state index contributed by atoms with van der Waals surface area (Å²) in [6, 6.07) is 0.222. The van der Waals surface area contributed by atoms with Crippen molar-refractivity contribution in [3.63, 3.8) is 0 Å². The smallest absolute Gasteiger partial charge is 0.246 e. The molecule has 1 aliphatic heterocycles. The number of rotatable bonds is 6. The molecule has 17 heavy (non-hydrogen) atoms. The summed E-state index contributed by atoms with van der Waals surface area (Å²) >= 11 is 0. The number of ether oxygens (including phenoxy) is 2. The quantitative estimate of drug-likeness (QED) is 0.553. The monoisotopic (exact) mass is 246 g/mol. The highest BCUT2D eigenvalue weighted by Crippen LogP contribution is 2.14. The van der Waals surface area contributed by atoms with E-state index in [0.29, 0.717) is 19.2 Å². The number of aliphatic hydroxyl groups excluding tert-OH is 1. The molecule has 6 heteroatoms. The molecular formula is C11H22N2O4. The van der Waals surface area contributed by atoms with E-state index in [1.807, 2.05) is 13.8 Å². The molecule has 1 saturated heterocycles. The third-order valence-corrected chi connectivity index (χ3v) is 2.61. The lowest BCUT2D eigenvalue weighted by Gasteiger charge is -2.20. The molecular weight excluding hydrogens is 224 g/mol.